The summed E-state index contributed by atoms with van der Waals surface area (Å²) in [5.41, 5.74) is 6.87. The van der Waals surface area contributed by atoms with Gasteiger partial charge in [-0.15, -0.1) is 0 Å². The quantitative estimate of drug-likeness (QED) is 0.614. The topological polar surface area (TPSA) is 86.7 Å². The summed E-state index contributed by atoms with van der Waals surface area (Å²) < 4.78 is 6.28. The highest BCUT2D eigenvalue weighted by Crippen LogP contribution is 2.17. The van der Waals surface area contributed by atoms with Gasteiger partial charge in [0.1, 0.15) is 12.1 Å². The van der Waals surface area contributed by atoms with E-state index < -0.39 is 5.97 Å². The molecule has 0 unspecified atom stereocenters. The zero-order valence-electron chi connectivity index (χ0n) is 9.21. The van der Waals surface area contributed by atoms with Crippen molar-refractivity contribution in [2.45, 2.75) is 6.42 Å². The maximum Gasteiger partial charge on any atom is 0.358 e. The van der Waals surface area contributed by atoms with Gasteiger partial charge in [0.25, 0.3) is 0 Å². The molecule has 0 bridgehead atoms. The molecule has 6 nitrogen and oxygen atoms in total. The van der Waals surface area contributed by atoms with Crippen LogP contribution in [0, 0.1) is 0 Å². The molecule has 0 aliphatic heterocycles. The third-order valence-corrected chi connectivity index (χ3v) is 2.39. The van der Waals surface area contributed by atoms with Crippen LogP contribution >= 0.6 is 0 Å². The van der Waals surface area contributed by atoms with Crippen molar-refractivity contribution in [3.8, 4) is 0 Å². The summed E-state index contributed by atoms with van der Waals surface area (Å²) in [5, 5.41) is 0. The highest BCUT2D eigenvalue weighted by molar-refractivity contribution is 5.95. The van der Waals surface area contributed by atoms with Gasteiger partial charge in [0.2, 0.25) is 0 Å². The SMILES string of the molecule is COC(=O)c1nc(CC=O)n2ccc(N)cc12. The van der Waals surface area contributed by atoms with Gasteiger partial charge in [-0.05, 0) is 12.1 Å². The smallest absolute Gasteiger partial charge is 0.358 e. The Balaban J connectivity index is 2.70. The number of nitrogens with two attached hydrogens (primary N) is 1. The van der Waals surface area contributed by atoms with Crippen LogP contribution in [-0.2, 0) is 16.0 Å². The number of hydrogen-bond donors (Lipinski definition) is 1. The third kappa shape index (κ3) is 1.84. The summed E-state index contributed by atoms with van der Waals surface area (Å²) in [5.74, 6) is -0.0688. The number of rotatable bonds is 3. The Hall–Kier alpha value is -2.37. The normalized spacial score (nSPS) is 10.4. The van der Waals surface area contributed by atoms with Crippen molar-refractivity contribution in [1.82, 2.24) is 9.38 Å². The van der Waals surface area contributed by atoms with Gasteiger partial charge in [-0.2, -0.15) is 0 Å². The molecule has 0 amide bonds. The van der Waals surface area contributed by atoms with E-state index in [1.165, 1.54) is 7.11 Å². The summed E-state index contributed by atoms with van der Waals surface area (Å²) in [7, 11) is 1.28. The first-order valence-corrected chi connectivity index (χ1v) is 4.95. The zero-order chi connectivity index (χ0) is 12.4. The van der Waals surface area contributed by atoms with Crippen molar-refractivity contribution in [2.24, 2.45) is 0 Å². The molecular formula is C11H11N3O3. The molecule has 0 aliphatic carbocycles. The van der Waals surface area contributed by atoms with E-state index in [1.54, 1.807) is 22.7 Å². The van der Waals surface area contributed by atoms with Crippen LogP contribution < -0.4 is 5.73 Å². The molecule has 2 rings (SSSR count). The number of pyridine rings is 1. The molecule has 2 heterocycles. The fourth-order valence-corrected chi connectivity index (χ4v) is 1.63. The summed E-state index contributed by atoms with van der Waals surface area (Å²) in [6.07, 6.45) is 2.53. The number of nitrogens with zero attached hydrogens (tertiary/aromatic N) is 2. The second-order valence-electron chi connectivity index (χ2n) is 3.45. The minimum Gasteiger partial charge on any atom is -0.464 e. The average molecular weight is 233 g/mol. The minimum atomic E-state index is -0.551. The molecule has 88 valence electrons. The molecule has 6 heteroatoms. The van der Waals surface area contributed by atoms with Gasteiger partial charge < -0.3 is 19.7 Å². The lowest BCUT2D eigenvalue weighted by atomic mass is 10.3. The monoisotopic (exact) mass is 233 g/mol. The number of nitrogen functional groups attached to an aromatic ring is 1. The zero-order valence-corrected chi connectivity index (χ0v) is 9.21. The molecular weight excluding hydrogens is 222 g/mol. The largest absolute Gasteiger partial charge is 0.464 e. The molecule has 17 heavy (non-hydrogen) atoms. The highest BCUT2D eigenvalue weighted by atomic mass is 16.5. The van der Waals surface area contributed by atoms with Crippen LogP contribution in [0.1, 0.15) is 16.3 Å². The van der Waals surface area contributed by atoms with Crippen LogP contribution in [0.15, 0.2) is 18.3 Å². The van der Waals surface area contributed by atoms with E-state index in [4.69, 9.17) is 5.73 Å². The second kappa shape index (κ2) is 4.25. The molecule has 0 radical (unpaired) electrons. The Morgan fingerprint density at radius 2 is 2.41 bits per heavy atom. The number of imidazole rings is 1. The first-order chi connectivity index (χ1) is 8.17. The van der Waals surface area contributed by atoms with Gasteiger partial charge in [0, 0.05) is 11.9 Å². The maximum absolute atomic E-state index is 11.5. The molecule has 0 aromatic carbocycles. The lowest BCUT2D eigenvalue weighted by molar-refractivity contribution is -0.107. The maximum atomic E-state index is 11.5. The van der Waals surface area contributed by atoms with Crippen molar-refractivity contribution in [1.29, 1.82) is 0 Å². The molecule has 2 aromatic heterocycles. The molecule has 2 aromatic rings. The van der Waals surface area contributed by atoms with E-state index in [2.05, 4.69) is 9.72 Å². The van der Waals surface area contributed by atoms with Gasteiger partial charge in [0.15, 0.2) is 5.69 Å². The van der Waals surface area contributed by atoms with Crippen LogP contribution in [0.25, 0.3) is 5.52 Å². The number of carbonyl (C=O) groups is 2. The predicted molar refractivity (Wildman–Crippen MR) is 60.7 cm³/mol. The minimum absolute atomic E-state index is 0.127. The summed E-state index contributed by atoms with van der Waals surface area (Å²) in [6, 6.07) is 3.29. The fraction of sp³-hybridized carbons (Fsp3) is 0.182. The molecule has 2 N–H and O–H groups in total. The number of carbonyl (C=O) groups excluding carboxylic acids is 2. The van der Waals surface area contributed by atoms with Crippen molar-refractivity contribution >= 4 is 23.5 Å². The van der Waals surface area contributed by atoms with Crippen LogP contribution in [0.4, 0.5) is 5.69 Å². The summed E-state index contributed by atoms with van der Waals surface area (Å²) >= 11 is 0. The van der Waals surface area contributed by atoms with Crippen molar-refractivity contribution in [3.63, 3.8) is 0 Å². The number of esters is 1. The van der Waals surface area contributed by atoms with E-state index in [9.17, 15) is 9.59 Å². The van der Waals surface area contributed by atoms with Crippen molar-refractivity contribution in [2.75, 3.05) is 12.8 Å². The van der Waals surface area contributed by atoms with Gasteiger partial charge in [-0.3, -0.25) is 0 Å². The number of fused-ring (bicyclic) bond motifs is 1. The lowest BCUT2D eigenvalue weighted by Gasteiger charge is -1.99. The van der Waals surface area contributed by atoms with E-state index >= 15 is 0 Å². The van der Waals surface area contributed by atoms with E-state index in [-0.39, 0.29) is 12.1 Å². The molecule has 0 saturated carbocycles. The Bertz CT molecular complexity index is 589. The number of ether oxygens (including phenoxy) is 1. The Morgan fingerprint density at radius 1 is 1.65 bits per heavy atom. The highest BCUT2D eigenvalue weighted by Gasteiger charge is 2.17. The Kier molecular flexibility index (Phi) is 2.78. The second-order valence-corrected chi connectivity index (χ2v) is 3.45. The van der Waals surface area contributed by atoms with Gasteiger partial charge in [-0.25, -0.2) is 9.78 Å². The predicted octanol–water partition coefficient (Wildman–Crippen LogP) is 0.444. The van der Waals surface area contributed by atoms with Gasteiger partial charge >= 0.3 is 5.97 Å². The number of hydrogen-bond acceptors (Lipinski definition) is 5. The standard InChI is InChI=1S/C11H11N3O3/c1-17-11(16)10-8-6-7(12)2-4-14(8)9(13-10)3-5-15/h2,4-6H,3,12H2,1H3. The van der Waals surface area contributed by atoms with Gasteiger partial charge in [0.05, 0.1) is 19.0 Å². The van der Waals surface area contributed by atoms with Crippen LogP contribution in [0.2, 0.25) is 0 Å². The Morgan fingerprint density at radius 3 is 3.06 bits per heavy atom. The number of aromatic nitrogens is 2. The van der Waals surface area contributed by atoms with Gasteiger partial charge in [-0.1, -0.05) is 0 Å². The van der Waals surface area contributed by atoms with E-state index in [1.807, 2.05) is 0 Å². The number of methoxy groups -OCH3 is 1. The fourth-order valence-electron chi connectivity index (χ4n) is 1.63. The molecule has 0 atom stereocenters. The summed E-state index contributed by atoms with van der Waals surface area (Å²) in [6.45, 7) is 0. The van der Waals surface area contributed by atoms with E-state index in [0.717, 1.165) is 6.29 Å². The van der Waals surface area contributed by atoms with Crippen LogP contribution in [0.3, 0.4) is 0 Å². The van der Waals surface area contributed by atoms with Crippen LogP contribution in [0.5, 0.6) is 0 Å². The molecule has 0 saturated heterocycles. The molecule has 0 aliphatic rings. The van der Waals surface area contributed by atoms with Crippen molar-refractivity contribution in [3.05, 3.63) is 29.8 Å². The Labute approximate surface area is 97.0 Å². The number of anilines is 1. The number of aldehydes is 1. The molecule has 0 fully saturated rings. The summed E-state index contributed by atoms with van der Waals surface area (Å²) in [4.78, 5) is 26.2. The first kappa shape index (κ1) is 11.1. The first-order valence-electron chi connectivity index (χ1n) is 4.95. The lowest BCUT2D eigenvalue weighted by Crippen LogP contribution is -2.02. The average Bonchev–Trinajstić information content (AvgIpc) is 2.67. The third-order valence-electron chi connectivity index (χ3n) is 2.39. The molecule has 0 spiro atoms. The van der Waals surface area contributed by atoms with Crippen molar-refractivity contribution < 1.29 is 14.3 Å². The van der Waals surface area contributed by atoms with E-state index in [0.29, 0.717) is 17.0 Å². The van der Waals surface area contributed by atoms with Crippen LogP contribution in [-0.4, -0.2) is 28.7 Å².